The minimum absolute atomic E-state index is 0.313. The van der Waals surface area contributed by atoms with Gasteiger partial charge in [0.2, 0.25) is 5.16 Å². The highest BCUT2D eigenvalue weighted by molar-refractivity contribution is 7.99. The molecule has 1 fully saturated rings. The van der Waals surface area contributed by atoms with Gasteiger partial charge in [-0.3, -0.25) is 0 Å². The maximum atomic E-state index is 13.6. The van der Waals surface area contributed by atoms with Gasteiger partial charge in [0.1, 0.15) is 5.82 Å². The molecule has 20 heavy (non-hydrogen) atoms. The molecule has 0 aliphatic heterocycles. The SMILES string of the molecule is Cc1cc(Sc2nnnn2C2CC2)c([C@@H](C)O)cc1F. The van der Waals surface area contributed by atoms with E-state index in [-0.39, 0.29) is 5.82 Å². The topological polar surface area (TPSA) is 63.8 Å². The molecule has 1 N–H and O–H groups in total. The van der Waals surface area contributed by atoms with Crippen molar-refractivity contribution in [1.29, 1.82) is 0 Å². The normalized spacial score (nSPS) is 16.4. The number of benzene rings is 1. The Balaban J connectivity index is 1.96. The second-order valence-electron chi connectivity index (χ2n) is 5.05. The molecule has 0 saturated heterocycles. The number of aryl methyl sites for hydroxylation is 1. The van der Waals surface area contributed by atoms with Gasteiger partial charge in [0.15, 0.2) is 0 Å². The molecule has 3 rings (SSSR count). The number of aliphatic hydroxyl groups is 1. The first-order valence-corrected chi connectivity index (χ1v) is 7.31. The van der Waals surface area contributed by atoms with Gasteiger partial charge in [-0.25, -0.2) is 9.07 Å². The molecule has 0 amide bonds. The van der Waals surface area contributed by atoms with Gasteiger partial charge in [0.05, 0.1) is 12.1 Å². The van der Waals surface area contributed by atoms with Crippen molar-refractivity contribution in [2.24, 2.45) is 0 Å². The third-order valence-corrected chi connectivity index (χ3v) is 4.32. The lowest BCUT2D eigenvalue weighted by atomic mass is 10.1. The zero-order valence-corrected chi connectivity index (χ0v) is 12.1. The zero-order valence-electron chi connectivity index (χ0n) is 11.2. The molecule has 5 nitrogen and oxygen atoms in total. The fourth-order valence-electron chi connectivity index (χ4n) is 1.98. The molecule has 1 aromatic heterocycles. The maximum absolute atomic E-state index is 13.6. The first-order valence-electron chi connectivity index (χ1n) is 6.50. The summed E-state index contributed by atoms with van der Waals surface area (Å²) in [5, 5.41) is 22.2. The van der Waals surface area contributed by atoms with E-state index in [9.17, 15) is 9.50 Å². The molecule has 106 valence electrons. The Morgan fingerprint density at radius 2 is 2.20 bits per heavy atom. The number of tetrazole rings is 1. The first kappa shape index (κ1) is 13.5. The quantitative estimate of drug-likeness (QED) is 0.939. The Morgan fingerprint density at radius 3 is 2.85 bits per heavy atom. The first-order chi connectivity index (χ1) is 9.56. The summed E-state index contributed by atoms with van der Waals surface area (Å²) in [7, 11) is 0. The van der Waals surface area contributed by atoms with Gasteiger partial charge in [-0.15, -0.1) is 5.10 Å². The average Bonchev–Trinajstić information content (AvgIpc) is 3.14. The molecule has 0 radical (unpaired) electrons. The fourth-order valence-corrected chi connectivity index (χ4v) is 3.12. The van der Waals surface area contributed by atoms with Crippen LogP contribution >= 0.6 is 11.8 Å². The van der Waals surface area contributed by atoms with Crippen LogP contribution in [0.15, 0.2) is 22.2 Å². The van der Waals surface area contributed by atoms with Gasteiger partial charge in [0, 0.05) is 4.90 Å². The molecule has 2 aromatic rings. The molecule has 0 bridgehead atoms. The van der Waals surface area contributed by atoms with E-state index in [4.69, 9.17) is 0 Å². The zero-order chi connectivity index (χ0) is 14.3. The molecule has 7 heteroatoms. The van der Waals surface area contributed by atoms with Crippen molar-refractivity contribution in [3.8, 4) is 0 Å². The summed E-state index contributed by atoms with van der Waals surface area (Å²) < 4.78 is 15.5. The molecule has 1 aliphatic carbocycles. The van der Waals surface area contributed by atoms with E-state index in [1.165, 1.54) is 17.8 Å². The van der Waals surface area contributed by atoms with Crippen molar-refractivity contribution in [2.75, 3.05) is 0 Å². The van der Waals surface area contributed by atoms with Crippen LogP contribution in [-0.2, 0) is 0 Å². The van der Waals surface area contributed by atoms with E-state index in [1.54, 1.807) is 24.6 Å². The fraction of sp³-hybridized carbons (Fsp3) is 0.462. The highest BCUT2D eigenvalue weighted by Crippen LogP contribution is 2.39. The highest BCUT2D eigenvalue weighted by atomic mass is 32.2. The molecule has 1 heterocycles. The Hall–Kier alpha value is -1.47. The van der Waals surface area contributed by atoms with E-state index in [2.05, 4.69) is 15.5 Å². The number of rotatable bonds is 4. The van der Waals surface area contributed by atoms with Crippen molar-refractivity contribution >= 4 is 11.8 Å². The minimum atomic E-state index is -0.738. The summed E-state index contributed by atoms with van der Waals surface area (Å²) in [6, 6.07) is 3.49. The van der Waals surface area contributed by atoms with Gasteiger partial charge in [-0.1, -0.05) is 0 Å². The van der Waals surface area contributed by atoms with E-state index in [0.29, 0.717) is 22.3 Å². The molecule has 1 aliphatic rings. The Labute approximate surface area is 120 Å². The molecule has 1 aromatic carbocycles. The third kappa shape index (κ3) is 2.55. The summed E-state index contributed by atoms with van der Waals surface area (Å²) in [5.74, 6) is -0.313. The third-order valence-electron chi connectivity index (χ3n) is 3.30. The monoisotopic (exact) mass is 294 g/mol. The van der Waals surface area contributed by atoms with Crippen LogP contribution in [-0.4, -0.2) is 25.3 Å². The number of hydrogen-bond donors (Lipinski definition) is 1. The number of hydrogen-bond acceptors (Lipinski definition) is 5. The Bertz CT molecular complexity index is 639. The summed E-state index contributed by atoms with van der Waals surface area (Å²) in [6.07, 6.45) is 1.44. The van der Waals surface area contributed by atoms with E-state index in [0.717, 1.165) is 17.7 Å². The van der Waals surface area contributed by atoms with Crippen molar-refractivity contribution in [3.63, 3.8) is 0 Å². The average molecular weight is 294 g/mol. The van der Waals surface area contributed by atoms with Crippen LogP contribution < -0.4 is 0 Å². The maximum Gasteiger partial charge on any atom is 0.214 e. The summed E-state index contributed by atoms with van der Waals surface area (Å²) in [5.41, 5.74) is 1.10. The van der Waals surface area contributed by atoms with Crippen LogP contribution in [0.1, 0.15) is 43.0 Å². The molecular weight excluding hydrogens is 279 g/mol. The van der Waals surface area contributed by atoms with Crippen molar-refractivity contribution < 1.29 is 9.50 Å². The van der Waals surface area contributed by atoms with E-state index >= 15 is 0 Å². The number of aromatic nitrogens is 4. The molecule has 1 atom stereocenters. The Kier molecular flexibility index (Phi) is 3.47. The molecule has 0 unspecified atom stereocenters. The summed E-state index contributed by atoms with van der Waals surface area (Å²) in [6.45, 7) is 3.33. The van der Waals surface area contributed by atoms with Crippen LogP contribution in [0.25, 0.3) is 0 Å². The van der Waals surface area contributed by atoms with E-state index < -0.39 is 6.10 Å². The lowest BCUT2D eigenvalue weighted by Gasteiger charge is -2.13. The lowest BCUT2D eigenvalue weighted by Crippen LogP contribution is -2.01. The number of nitrogens with zero attached hydrogens (tertiary/aromatic N) is 4. The predicted molar refractivity (Wildman–Crippen MR) is 72.0 cm³/mol. The van der Waals surface area contributed by atoms with Crippen LogP contribution in [0, 0.1) is 12.7 Å². The number of halogens is 1. The van der Waals surface area contributed by atoms with Crippen molar-refractivity contribution in [1.82, 2.24) is 20.2 Å². The van der Waals surface area contributed by atoms with Crippen LogP contribution in [0.5, 0.6) is 0 Å². The van der Waals surface area contributed by atoms with Gasteiger partial charge in [-0.2, -0.15) is 0 Å². The van der Waals surface area contributed by atoms with Gasteiger partial charge >= 0.3 is 0 Å². The molecular formula is C13H15FN4OS. The van der Waals surface area contributed by atoms with Crippen molar-refractivity contribution in [3.05, 3.63) is 29.1 Å². The second-order valence-corrected chi connectivity index (χ2v) is 6.06. The standard InChI is InChI=1S/C13H15FN4OS/c1-7-5-12(10(8(2)19)6-11(7)14)20-13-15-16-17-18(13)9-3-4-9/h5-6,8-9,19H,3-4H2,1-2H3/t8-/m1/s1. The van der Waals surface area contributed by atoms with Gasteiger partial charge in [0.25, 0.3) is 0 Å². The smallest absolute Gasteiger partial charge is 0.214 e. The highest BCUT2D eigenvalue weighted by Gasteiger charge is 2.28. The largest absolute Gasteiger partial charge is 0.389 e. The Morgan fingerprint density at radius 1 is 1.45 bits per heavy atom. The van der Waals surface area contributed by atoms with Gasteiger partial charge < -0.3 is 5.11 Å². The van der Waals surface area contributed by atoms with Crippen LogP contribution in [0.2, 0.25) is 0 Å². The van der Waals surface area contributed by atoms with Crippen molar-refractivity contribution in [2.45, 2.75) is 48.9 Å². The molecule has 0 spiro atoms. The van der Waals surface area contributed by atoms with Crippen LogP contribution in [0.3, 0.4) is 0 Å². The number of aliphatic hydroxyl groups excluding tert-OH is 1. The van der Waals surface area contributed by atoms with E-state index in [1.807, 2.05) is 0 Å². The summed E-state index contributed by atoms with van der Waals surface area (Å²) >= 11 is 1.37. The van der Waals surface area contributed by atoms with Crippen LogP contribution in [0.4, 0.5) is 4.39 Å². The summed E-state index contributed by atoms with van der Waals surface area (Å²) in [4.78, 5) is 0.788. The molecule has 1 saturated carbocycles. The minimum Gasteiger partial charge on any atom is -0.389 e. The predicted octanol–water partition coefficient (Wildman–Crippen LogP) is 2.66. The lowest BCUT2D eigenvalue weighted by molar-refractivity contribution is 0.196. The van der Waals surface area contributed by atoms with Gasteiger partial charge in [-0.05, 0) is 72.1 Å². The second kappa shape index (κ2) is 5.14.